The zero-order valence-corrected chi connectivity index (χ0v) is 18.3. The van der Waals surface area contributed by atoms with Crippen molar-refractivity contribution in [2.24, 2.45) is 0 Å². The molecule has 1 atom stereocenters. The summed E-state index contributed by atoms with van der Waals surface area (Å²) >= 11 is 6.13. The van der Waals surface area contributed by atoms with Crippen LogP contribution in [0.25, 0.3) is 0 Å². The average molecular weight is 424 g/mol. The quantitative estimate of drug-likeness (QED) is 0.492. The fourth-order valence-electron chi connectivity index (χ4n) is 3.62. The normalized spacial score (nSPS) is 14.3. The zero-order valence-electron chi connectivity index (χ0n) is 17.5. The molecule has 30 heavy (non-hydrogen) atoms. The topological polar surface area (TPSA) is 74.1 Å². The molecule has 0 radical (unpaired) electrons. The van der Waals surface area contributed by atoms with E-state index in [1.165, 1.54) is 37.3 Å². The molecule has 3 rings (SSSR count). The van der Waals surface area contributed by atoms with Gasteiger partial charge in [-0.15, -0.1) is 0 Å². The van der Waals surface area contributed by atoms with Gasteiger partial charge >= 0.3 is 0 Å². The third-order valence-corrected chi connectivity index (χ3v) is 5.85. The van der Waals surface area contributed by atoms with Crippen LogP contribution in [-0.2, 0) is 17.6 Å². The molecule has 0 spiro atoms. The molecule has 2 aromatic carbocycles. The molecule has 2 N–H and O–H groups in total. The van der Waals surface area contributed by atoms with Gasteiger partial charge in [0.25, 0.3) is 5.91 Å². The number of nitrogens with zero attached hydrogens (tertiary/aromatic N) is 1. The highest BCUT2D eigenvalue weighted by Gasteiger charge is 2.17. The van der Waals surface area contributed by atoms with Crippen molar-refractivity contribution in [2.75, 3.05) is 12.4 Å². The number of methoxy groups -OCH3 is 1. The van der Waals surface area contributed by atoms with E-state index in [-0.39, 0.29) is 11.6 Å². The lowest BCUT2D eigenvalue weighted by molar-refractivity contribution is -0.117. The number of amides is 1. The Kier molecular flexibility index (Phi) is 7.02. The first-order chi connectivity index (χ1) is 14.4. The molecule has 0 saturated carbocycles. The van der Waals surface area contributed by atoms with E-state index in [1.54, 1.807) is 12.1 Å². The van der Waals surface area contributed by atoms with Gasteiger partial charge < -0.3 is 15.4 Å². The Labute approximate surface area is 182 Å². The van der Waals surface area contributed by atoms with Crippen LogP contribution in [0.15, 0.2) is 42.1 Å². The average Bonchev–Trinajstić information content (AvgIpc) is 2.75. The minimum Gasteiger partial charge on any atom is -0.495 e. The van der Waals surface area contributed by atoms with Gasteiger partial charge in [0.15, 0.2) is 0 Å². The SMILES string of the molecule is COc1cc(Cl)c(C)cc1N/C=C(/C#N)C(=O)NC(C)c1ccc2c(c1)CCCC2. The molecule has 0 bridgehead atoms. The number of anilines is 1. The lowest BCUT2D eigenvalue weighted by Crippen LogP contribution is -2.28. The van der Waals surface area contributed by atoms with E-state index >= 15 is 0 Å². The van der Waals surface area contributed by atoms with Crippen molar-refractivity contribution >= 4 is 23.2 Å². The number of rotatable bonds is 6. The minimum atomic E-state index is -0.431. The number of nitriles is 1. The Morgan fingerprint density at radius 3 is 2.67 bits per heavy atom. The van der Waals surface area contributed by atoms with Crippen molar-refractivity contribution in [1.82, 2.24) is 5.32 Å². The van der Waals surface area contributed by atoms with E-state index in [9.17, 15) is 10.1 Å². The number of benzene rings is 2. The zero-order chi connectivity index (χ0) is 21.7. The highest BCUT2D eigenvalue weighted by molar-refractivity contribution is 6.31. The summed E-state index contributed by atoms with van der Waals surface area (Å²) < 4.78 is 5.32. The minimum absolute atomic E-state index is 0.0190. The highest BCUT2D eigenvalue weighted by Crippen LogP contribution is 2.31. The van der Waals surface area contributed by atoms with Gasteiger partial charge in [-0.3, -0.25) is 4.79 Å². The number of hydrogen-bond acceptors (Lipinski definition) is 4. The van der Waals surface area contributed by atoms with E-state index < -0.39 is 5.91 Å². The van der Waals surface area contributed by atoms with Gasteiger partial charge in [0.1, 0.15) is 17.4 Å². The Bertz CT molecular complexity index is 1020. The van der Waals surface area contributed by atoms with Crippen LogP contribution in [0.2, 0.25) is 5.02 Å². The lowest BCUT2D eigenvalue weighted by atomic mass is 9.89. The molecule has 1 aliphatic carbocycles. The summed E-state index contributed by atoms with van der Waals surface area (Å²) in [7, 11) is 1.54. The monoisotopic (exact) mass is 423 g/mol. The van der Waals surface area contributed by atoms with Gasteiger partial charge in [-0.1, -0.05) is 29.8 Å². The van der Waals surface area contributed by atoms with Crippen molar-refractivity contribution in [1.29, 1.82) is 5.26 Å². The predicted octanol–water partition coefficient (Wildman–Crippen LogP) is 5.23. The second kappa shape index (κ2) is 9.69. The second-order valence-corrected chi connectivity index (χ2v) is 7.95. The molecule has 0 fully saturated rings. The number of carbonyl (C=O) groups is 1. The van der Waals surface area contributed by atoms with Crippen molar-refractivity contribution in [3.8, 4) is 11.8 Å². The number of fused-ring (bicyclic) bond motifs is 1. The van der Waals surface area contributed by atoms with Gasteiger partial charge in [0.05, 0.1) is 18.8 Å². The molecule has 156 valence electrons. The van der Waals surface area contributed by atoms with E-state index in [1.807, 2.05) is 19.9 Å². The lowest BCUT2D eigenvalue weighted by Gasteiger charge is -2.20. The molecule has 0 heterocycles. The Morgan fingerprint density at radius 2 is 1.97 bits per heavy atom. The van der Waals surface area contributed by atoms with E-state index in [0.717, 1.165) is 24.0 Å². The maximum Gasteiger partial charge on any atom is 0.263 e. The molecular formula is C24H26ClN3O2. The van der Waals surface area contributed by atoms with Gasteiger partial charge in [0, 0.05) is 17.3 Å². The molecule has 1 amide bonds. The van der Waals surface area contributed by atoms with Crippen molar-refractivity contribution in [3.05, 3.63) is 69.4 Å². The number of halogens is 1. The molecule has 6 heteroatoms. The molecular weight excluding hydrogens is 398 g/mol. The van der Waals surface area contributed by atoms with Gasteiger partial charge in [0.2, 0.25) is 0 Å². The highest BCUT2D eigenvalue weighted by atomic mass is 35.5. The Hall–Kier alpha value is -2.97. The van der Waals surface area contributed by atoms with E-state index in [2.05, 4.69) is 28.8 Å². The molecule has 0 aromatic heterocycles. The molecule has 1 unspecified atom stereocenters. The van der Waals surface area contributed by atoms with E-state index in [0.29, 0.717) is 16.5 Å². The maximum absolute atomic E-state index is 12.6. The second-order valence-electron chi connectivity index (χ2n) is 7.55. The van der Waals surface area contributed by atoms with Gasteiger partial charge in [-0.05, 0) is 67.9 Å². The van der Waals surface area contributed by atoms with Crippen LogP contribution >= 0.6 is 11.6 Å². The van der Waals surface area contributed by atoms with E-state index in [4.69, 9.17) is 16.3 Å². The fourth-order valence-corrected chi connectivity index (χ4v) is 3.78. The third-order valence-electron chi connectivity index (χ3n) is 5.44. The molecule has 0 saturated heterocycles. The summed E-state index contributed by atoms with van der Waals surface area (Å²) in [6, 6.07) is 11.7. The summed E-state index contributed by atoms with van der Waals surface area (Å²) in [4.78, 5) is 12.6. The number of nitrogens with one attached hydrogen (secondary N) is 2. The van der Waals surface area contributed by atoms with Crippen molar-refractivity contribution < 1.29 is 9.53 Å². The first kappa shape index (κ1) is 21.7. The summed E-state index contributed by atoms with van der Waals surface area (Å²) in [5, 5.41) is 16.0. The van der Waals surface area contributed by atoms with Crippen molar-refractivity contribution in [2.45, 2.75) is 45.6 Å². The number of aryl methyl sites for hydroxylation is 3. The van der Waals surface area contributed by atoms with Gasteiger partial charge in [-0.2, -0.15) is 5.26 Å². The molecule has 2 aromatic rings. The standard InChI is InChI=1S/C24H26ClN3O2/c1-15-10-22(23(30-3)12-21(15)25)27-14-20(13-26)24(29)28-16(2)18-9-8-17-6-4-5-7-19(17)11-18/h8-12,14,16,27H,4-7H2,1-3H3,(H,28,29)/b20-14-. The van der Waals surface area contributed by atoms with Crippen LogP contribution in [0.4, 0.5) is 5.69 Å². The van der Waals surface area contributed by atoms with Crippen LogP contribution in [0.5, 0.6) is 5.75 Å². The fraction of sp³-hybridized carbons (Fsp3) is 0.333. The van der Waals surface area contributed by atoms with Crippen LogP contribution in [-0.4, -0.2) is 13.0 Å². The summed E-state index contributed by atoms with van der Waals surface area (Å²) in [6.45, 7) is 3.80. The first-order valence-corrected chi connectivity index (χ1v) is 10.4. The van der Waals surface area contributed by atoms with Crippen LogP contribution < -0.4 is 15.4 Å². The summed E-state index contributed by atoms with van der Waals surface area (Å²) in [6.07, 6.45) is 6.04. The smallest absolute Gasteiger partial charge is 0.263 e. The molecule has 1 aliphatic rings. The maximum atomic E-state index is 12.6. The Morgan fingerprint density at radius 1 is 1.23 bits per heavy atom. The van der Waals surface area contributed by atoms with Crippen LogP contribution in [0.1, 0.15) is 48.1 Å². The molecule has 0 aliphatic heterocycles. The Balaban J connectivity index is 1.72. The first-order valence-electron chi connectivity index (χ1n) is 10.1. The van der Waals surface area contributed by atoms with Crippen molar-refractivity contribution in [3.63, 3.8) is 0 Å². The predicted molar refractivity (Wildman–Crippen MR) is 120 cm³/mol. The summed E-state index contributed by atoms with van der Waals surface area (Å²) in [5.74, 6) is 0.0989. The van der Waals surface area contributed by atoms with Gasteiger partial charge in [-0.25, -0.2) is 0 Å². The molecule has 5 nitrogen and oxygen atoms in total. The number of ether oxygens (including phenoxy) is 1. The largest absolute Gasteiger partial charge is 0.495 e. The van der Waals surface area contributed by atoms with Crippen LogP contribution in [0.3, 0.4) is 0 Å². The van der Waals surface area contributed by atoms with Crippen LogP contribution in [0, 0.1) is 18.3 Å². The summed E-state index contributed by atoms with van der Waals surface area (Å²) in [5.41, 5.74) is 5.28. The number of carbonyl (C=O) groups excluding carboxylic acids is 1. The third kappa shape index (κ3) is 4.95. The number of hydrogen-bond donors (Lipinski definition) is 2.